The quantitative estimate of drug-likeness (QED) is 0.811. The largest absolute Gasteiger partial charge is 0.461 e. The Morgan fingerprint density at radius 2 is 1.90 bits per heavy atom. The molecule has 0 amide bonds. The van der Waals surface area contributed by atoms with Gasteiger partial charge in [0.05, 0.1) is 13.2 Å². The predicted molar refractivity (Wildman–Crippen MR) is 77.0 cm³/mol. The molecule has 110 valence electrons. The lowest BCUT2D eigenvalue weighted by atomic mass is 9.98. The zero-order valence-corrected chi connectivity index (χ0v) is 11.8. The fourth-order valence-corrected chi connectivity index (χ4v) is 2.38. The van der Waals surface area contributed by atoms with Crippen LogP contribution in [0.3, 0.4) is 0 Å². The van der Waals surface area contributed by atoms with Crippen LogP contribution < -0.4 is 5.73 Å². The molecule has 2 rings (SSSR count). The van der Waals surface area contributed by atoms with Gasteiger partial charge in [0.15, 0.2) is 0 Å². The van der Waals surface area contributed by atoms with Crippen molar-refractivity contribution in [2.45, 2.75) is 50.9 Å². The number of carbonyl (C=O) groups is 1. The van der Waals surface area contributed by atoms with Crippen LogP contribution in [-0.4, -0.2) is 24.7 Å². The second kappa shape index (κ2) is 8.02. The first-order valence-corrected chi connectivity index (χ1v) is 7.33. The van der Waals surface area contributed by atoms with Gasteiger partial charge < -0.3 is 15.2 Å². The second-order valence-electron chi connectivity index (χ2n) is 5.30. The summed E-state index contributed by atoms with van der Waals surface area (Å²) in [6, 6.07) is 9.13. The number of hydrogen-bond acceptors (Lipinski definition) is 4. The molecule has 0 saturated heterocycles. The van der Waals surface area contributed by atoms with E-state index in [0.29, 0.717) is 6.61 Å². The van der Waals surface area contributed by atoms with E-state index in [0.717, 1.165) is 31.2 Å². The third-order valence-electron chi connectivity index (χ3n) is 3.55. The highest BCUT2D eigenvalue weighted by Crippen LogP contribution is 2.20. The first kappa shape index (κ1) is 15.0. The summed E-state index contributed by atoms with van der Waals surface area (Å²) in [5.41, 5.74) is 6.87. The zero-order valence-electron chi connectivity index (χ0n) is 11.8. The molecule has 4 heteroatoms. The lowest BCUT2D eigenvalue weighted by molar-refractivity contribution is -0.153. The monoisotopic (exact) mass is 277 g/mol. The fraction of sp³-hybridized carbons (Fsp3) is 0.562. The lowest BCUT2D eigenvalue weighted by Crippen LogP contribution is -2.39. The average molecular weight is 277 g/mol. The SMILES string of the molecule is N[C@@H](COCc1ccccc1)C(=O)OC1CCCCC1. The van der Waals surface area contributed by atoms with Crippen molar-refractivity contribution in [1.82, 2.24) is 0 Å². The Morgan fingerprint density at radius 3 is 2.60 bits per heavy atom. The molecule has 0 aliphatic heterocycles. The molecular weight excluding hydrogens is 254 g/mol. The van der Waals surface area contributed by atoms with Crippen LogP contribution in [0.5, 0.6) is 0 Å². The van der Waals surface area contributed by atoms with Gasteiger partial charge in [-0.05, 0) is 31.2 Å². The average Bonchev–Trinajstić information content (AvgIpc) is 2.49. The Labute approximate surface area is 120 Å². The van der Waals surface area contributed by atoms with Crippen molar-refractivity contribution in [3.05, 3.63) is 35.9 Å². The molecule has 1 saturated carbocycles. The van der Waals surface area contributed by atoms with Gasteiger partial charge in [0.25, 0.3) is 0 Å². The summed E-state index contributed by atoms with van der Waals surface area (Å²) in [6.45, 7) is 0.658. The minimum Gasteiger partial charge on any atom is -0.461 e. The van der Waals surface area contributed by atoms with Crippen molar-refractivity contribution in [1.29, 1.82) is 0 Å². The van der Waals surface area contributed by atoms with E-state index in [1.54, 1.807) is 0 Å². The van der Waals surface area contributed by atoms with Crippen molar-refractivity contribution in [2.75, 3.05) is 6.61 Å². The van der Waals surface area contributed by atoms with Crippen molar-refractivity contribution in [3.8, 4) is 0 Å². The standard InChI is InChI=1S/C16H23NO3/c17-15(12-19-11-13-7-3-1-4-8-13)16(18)20-14-9-5-2-6-10-14/h1,3-4,7-8,14-15H,2,5-6,9-12,17H2/t15-/m0/s1. The molecular formula is C16H23NO3. The van der Waals surface area contributed by atoms with E-state index >= 15 is 0 Å². The van der Waals surface area contributed by atoms with E-state index < -0.39 is 6.04 Å². The van der Waals surface area contributed by atoms with Crippen LogP contribution in [0.2, 0.25) is 0 Å². The van der Waals surface area contributed by atoms with Crippen LogP contribution in [-0.2, 0) is 20.9 Å². The molecule has 0 bridgehead atoms. The van der Waals surface area contributed by atoms with Crippen LogP contribution in [0, 0.1) is 0 Å². The smallest absolute Gasteiger partial charge is 0.325 e. The van der Waals surface area contributed by atoms with E-state index in [9.17, 15) is 4.79 Å². The molecule has 1 aliphatic rings. The van der Waals surface area contributed by atoms with Gasteiger partial charge in [-0.2, -0.15) is 0 Å². The van der Waals surface area contributed by atoms with E-state index in [1.807, 2.05) is 30.3 Å². The highest BCUT2D eigenvalue weighted by atomic mass is 16.5. The molecule has 0 radical (unpaired) electrons. The van der Waals surface area contributed by atoms with Gasteiger partial charge in [-0.1, -0.05) is 36.8 Å². The second-order valence-corrected chi connectivity index (χ2v) is 5.30. The van der Waals surface area contributed by atoms with Gasteiger partial charge in [-0.25, -0.2) is 0 Å². The number of nitrogens with two attached hydrogens (primary N) is 1. The Hall–Kier alpha value is -1.39. The normalized spacial score (nSPS) is 17.6. The van der Waals surface area contributed by atoms with Crippen LogP contribution in [0.1, 0.15) is 37.7 Å². The molecule has 0 heterocycles. The van der Waals surface area contributed by atoms with Gasteiger partial charge in [0.2, 0.25) is 0 Å². The summed E-state index contributed by atoms with van der Waals surface area (Å²) >= 11 is 0. The van der Waals surface area contributed by atoms with Gasteiger partial charge in [0, 0.05) is 0 Å². The molecule has 0 aromatic heterocycles. The fourth-order valence-electron chi connectivity index (χ4n) is 2.38. The van der Waals surface area contributed by atoms with E-state index in [1.165, 1.54) is 6.42 Å². The van der Waals surface area contributed by atoms with Gasteiger partial charge >= 0.3 is 5.97 Å². The number of benzene rings is 1. The Balaban J connectivity index is 1.65. The van der Waals surface area contributed by atoms with Gasteiger partial charge in [0.1, 0.15) is 12.1 Å². The number of ether oxygens (including phenoxy) is 2. The number of carbonyl (C=O) groups excluding carboxylic acids is 1. The molecule has 0 unspecified atom stereocenters. The van der Waals surface area contributed by atoms with E-state index in [-0.39, 0.29) is 18.7 Å². The van der Waals surface area contributed by atoms with Crippen LogP contribution in [0.4, 0.5) is 0 Å². The summed E-state index contributed by atoms with van der Waals surface area (Å²) < 4.78 is 10.9. The number of esters is 1. The summed E-state index contributed by atoms with van der Waals surface area (Å²) in [6.07, 6.45) is 5.49. The zero-order chi connectivity index (χ0) is 14.2. The van der Waals surface area contributed by atoms with Gasteiger partial charge in [-0.3, -0.25) is 4.79 Å². The minimum absolute atomic E-state index is 0.0522. The first-order chi connectivity index (χ1) is 9.75. The first-order valence-electron chi connectivity index (χ1n) is 7.33. The van der Waals surface area contributed by atoms with Crippen molar-refractivity contribution < 1.29 is 14.3 Å². The molecule has 1 aliphatic carbocycles. The lowest BCUT2D eigenvalue weighted by Gasteiger charge is -2.23. The summed E-state index contributed by atoms with van der Waals surface area (Å²) in [5, 5.41) is 0. The minimum atomic E-state index is -0.694. The molecule has 20 heavy (non-hydrogen) atoms. The summed E-state index contributed by atoms with van der Waals surface area (Å²) in [7, 11) is 0. The Morgan fingerprint density at radius 1 is 1.20 bits per heavy atom. The summed E-state index contributed by atoms with van der Waals surface area (Å²) in [5.74, 6) is -0.343. The van der Waals surface area contributed by atoms with Crippen molar-refractivity contribution in [3.63, 3.8) is 0 Å². The number of rotatable bonds is 6. The van der Waals surface area contributed by atoms with Crippen LogP contribution in [0.15, 0.2) is 30.3 Å². The predicted octanol–water partition coefficient (Wildman–Crippen LogP) is 2.41. The molecule has 2 N–H and O–H groups in total. The van der Waals surface area contributed by atoms with Crippen LogP contribution >= 0.6 is 0 Å². The van der Waals surface area contributed by atoms with Crippen molar-refractivity contribution in [2.24, 2.45) is 5.73 Å². The van der Waals surface area contributed by atoms with E-state index in [2.05, 4.69) is 0 Å². The molecule has 1 aromatic carbocycles. The van der Waals surface area contributed by atoms with Crippen LogP contribution in [0.25, 0.3) is 0 Å². The maximum atomic E-state index is 11.8. The summed E-state index contributed by atoms with van der Waals surface area (Å²) in [4.78, 5) is 11.8. The van der Waals surface area contributed by atoms with Gasteiger partial charge in [-0.15, -0.1) is 0 Å². The highest BCUT2D eigenvalue weighted by Gasteiger charge is 2.22. The maximum absolute atomic E-state index is 11.8. The molecule has 1 atom stereocenters. The van der Waals surface area contributed by atoms with Crippen molar-refractivity contribution >= 4 is 5.97 Å². The third kappa shape index (κ3) is 4.94. The molecule has 1 aromatic rings. The third-order valence-corrected chi connectivity index (χ3v) is 3.55. The maximum Gasteiger partial charge on any atom is 0.325 e. The topological polar surface area (TPSA) is 61.5 Å². The highest BCUT2D eigenvalue weighted by molar-refractivity contribution is 5.75. The Kier molecular flexibility index (Phi) is 6.02. The molecule has 4 nitrogen and oxygen atoms in total. The molecule has 0 spiro atoms. The Bertz CT molecular complexity index is 401. The molecule has 1 fully saturated rings. The van der Waals surface area contributed by atoms with E-state index in [4.69, 9.17) is 15.2 Å². The number of hydrogen-bond donors (Lipinski definition) is 1.